The van der Waals surface area contributed by atoms with Gasteiger partial charge in [-0.15, -0.1) is 0 Å². The number of rotatable bonds is 8. The molecule has 36 heavy (non-hydrogen) atoms. The number of carbonyl (C=O) groups excluding carboxylic acids is 1. The molecule has 9 heteroatoms. The number of ether oxygens (including phenoxy) is 2. The van der Waals surface area contributed by atoms with Crippen LogP contribution in [0.15, 0.2) is 18.2 Å². The lowest BCUT2D eigenvalue weighted by molar-refractivity contribution is -0.140. The highest BCUT2D eigenvalue weighted by Crippen LogP contribution is 2.37. The van der Waals surface area contributed by atoms with Crippen molar-refractivity contribution in [3.63, 3.8) is 0 Å². The van der Waals surface area contributed by atoms with Crippen molar-refractivity contribution in [1.82, 2.24) is 9.62 Å². The molecule has 202 valence electrons. The molecule has 4 rings (SSSR count). The molecular formula is C27H43N3O5S. The molecule has 2 saturated heterocycles. The number of hydrogen-bond donors (Lipinski definition) is 1. The number of anilines is 1. The second-order valence-electron chi connectivity index (χ2n) is 11.2. The number of sulfonamides is 1. The Morgan fingerprint density at radius 1 is 1.17 bits per heavy atom. The summed E-state index contributed by atoms with van der Waals surface area (Å²) in [6.45, 7) is 4.86. The molecule has 0 unspecified atom stereocenters. The van der Waals surface area contributed by atoms with Gasteiger partial charge in [-0.25, -0.2) is 13.1 Å². The molecule has 1 aromatic carbocycles. The Hall–Kier alpha value is -1.68. The normalized spacial score (nSPS) is 29.3. The predicted octanol–water partition coefficient (Wildman–Crippen LogP) is 2.91. The summed E-state index contributed by atoms with van der Waals surface area (Å²) in [7, 11) is 0.795. The van der Waals surface area contributed by atoms with Crippen LogP contribution >= 0.6 is 0 Å². The summed E-state index contributed by atoms with van der Waals surface area (Å²) in [5.41, 5.74) is 4.00. The van der Waals surface area contributed by atoms with Crippen LogP contribution in [0.25, 0.3) is 0 Å². The minimum atomic E-state index is -3.36. The molecule has 3 fully saturated rings. The number of nitrogens with one attached hydrogen (secondary N) is 1. The Kier molecular flexibility index (Phi) is 8.96. The zero-order valence-electron chi connectivity index (χ0n) is 22.2. The molecular weight excluding hydrogens is 478 g/mol. The summed E-state index contributed by atoms with van der Waals surface area (Å²) in [5, 5.41) is 0. The number of nitrogens with zero attached hydrogens (tertiary/aromatic N) is 2. The van der Waals surface area contributed by atoms with E-state index in [1.807, 2.05) is 4.90 Å². The highest BCUT2D eigenvalue weighted by atomic mass is 32.2. The van der Waals surface area contributed by atoms with E-state index < -0.39 is 10.0 Å². The molecule has 0 aromatic heterocycles. The number of likely N-dealkylation sites (tertiary alicyclic amines) is 1. The van der Waals surface area contributed by atoms with E-state index in [1.165, 1.54) is 23.1 Å². The van der Waals surface area contributed by atoms with Crippen LogP contribution in [0, 0.1) is 18.8 Å². The molecule has 0 spiro atoms. The van der Waals surface area contributed by atoms with Gasteiger partial charge in [-0.2, -0.15) is 0 Å². The van der Waals surface area contributed by atoms with Crippen LogP contribution in [-0.4, -0.2) is 84.6 Å². The van der Waals surface area contributed by atoms with E-state index in [0.29, 0.717) is 51.2 Å². The van der Waals surface area contributed by atoms with E-state index in [4.69, 9.17) is 9.47 Å². The van der Waals surface area contributed by atoms with Crippen LogP contribution in [0.4, 0.5) is 5.69 Å². The van der Waals surface area contributed by atoms with Gasteiger partial charge in [-0.1, -0.05) is 12.1 Å². The van der Waals surface area contributed by atoms with Crippen molar-refractivity contribution in [2.24, 2.45) is 11.8 Å². The maximum atomic E-state index is 12.9. The number of hydrogen-bond acceptors (Lipinski definition) is 6. The zero-order valence-corrected chi connectivity index (χ0v) is 23.1. The number of amides is 1. The molecule has 1 aromatic rings. The first-order valence-corrected chi connectivity index (χ1v) is 15.2. The summed E-state index contributed by atoms with van der Waals surface area (Å²) >= 11 is 0. The maximum Gasteiger partial charge on any atom is 0.228 e. The Labute approximate surface area is 216 Å². The number of benzene rings is 1. The summed E-state index contributed by atoms with van der Waals surface area (Å²) in [4.78, 5) is 16.9. The van der Waals surface area contributed by atoms with Crippen LogP contribution in [0.2, 0.25) is 0 Å². The van der Waals surface area contributed by atoms with Gasteiger partial charge in [0, 0.05) is 46.1 Å². The van der Waals surface area contributed by atoms with E-state index in [1.54, 1.807) is 0 Å². The van der Waals surface area contributed by atoms with Gasteiger partial charge in [-0.05, 0) is 74.5 Å². The molecule has 1 N–H and O–H groups in total. The molecule has 2 heterocycles. The van der Waals surface area contributed by atoms with Gasteiger partial charge in [-0.3, -0.25) is 4.79 Å². The first-order valence-electron chi connectivity index (χ1n) is 13.3. The van der Waals surface area contributed by atoms with E-state index in [9.17, 15) is 13.2 Å². The highest BCUT2D eigenvalue weighted by molar-refractivity contribution is 7.88. The van der Waals surface area contributed by atoms with Crippen LogP contribution in [0.3, 0.4) is 0 Å². The van der Waals surface area contributed by atoms with Gasteiger partial charge < -0.3 is 19.3 Å². The minimum Gasteiger partial charge on any atom is -0.381 e. The van der Waals surface area contributed by atoms with E-state index >= 15 is 0 Å². The molecule has 0 bridgehead atoms. The maximum absolute atomic E-state index is 12.9. The van der Waals surface area contributed by atoms with Crippen molar-refractivity contribution in [3.8, 4) is 0 Å². The molecule has 1 saturated carbocycles. The van der Waals surface area contributed by atoms with Crippen LogP contribution in [0.1, 0.15) is 55.6 Å². The first-order chi connectivity index (χ1) is 17.1. The summed E-state index contributed by atoms with van der Waals surface area (Å²) in [5.74, 6) is 1.05. The van der Waals surface area contributed by atoms with Crippen molar-refractivity contribution in [2.45, 2.75) is 63.5 Å². The smallest absolute Gasteiger partial charge is 0.228 e. The molecule has 2 aliphatic heterocycles. The lowest BCUT2D eigenvalue weighted by Crippen LogP contribution is -2.57. The van der Waals surface area contributed by atoms with Gasteiger partial charge >= 0.3 is 0 Å². The monoisotopic (exact) mass is 521 g/mol. The molecule has 8 nitrogen and oxygen atoms in total. The highest BCUT2D eigenvalue weighted by Gasteiger charge is 2.37. The second kappa shape index (κ2) is 11.8. The molecule has 1 aliphatic carbocycles. The lowest BCUT2D eigenvalue weighted by atomic mass is 9.78. The average Bonchev–Trinajstić information content (AvgIpc) is 3.37. The Morgan fingerprint density at radius 3 is 2.53 bits per heavy atom. The summed E-state index contributed by atoms with van der Waals surface area (Å²) in [6, 6.07) is 6.52. The Bertz CT molecular complexity index is 1000. The third-order valence-corrected chi connectivity index (χ3v) is 8.81. The van der Waals surface area contributed by atoms with Crippen molar-refractivity contribution >= 4 is 21.6 Å². The van der Waals surface area contributed by atoms with Gasteiger partial charge in [0.25, 0.3) is 0 Å². The van der Waals surface area contributed by atoms with Crippen LogP contribution < -0.4 is 9.62 Å². The van der Waals surface area contributed by atoms with Crippen molar-refractivity contribution in [2.75, 3.05) is 58.2 Å². The number of piperidine rings is 1. The fourth-order valence-corrected chi connectivity index (χ4v) is 6.86. The largest absolute Gasteiger partial charge is 0.381 e. The molecule has 0 radical (unpaired) electrons. The molecule has 3 atom stereocenters. The third-order valence-electron chi connectivity index (χ3n) is 8.08. The van der Waals surface area contributed by atoms with Gasteiger partial charge in [0.05, 0.1) is 30.9 Å². The Balaban J connectivity index is 1.32. The standard InChI is InChI=1S/C27H43N3O5S/c1-19-15-22(9-10-25(19)29(2)3)21-7-5-20(6-8-21)17-35-26-16-30(27(31)23-12-14-34-18-23)13-11-24(26)28-36(4,32)33/h9-10,15,20-21,23-24,26,28H,5-8,11-14,16-18H2,1-4H3/t20?,21?,23-,24+,26-/m1/s1. The second-order valence-corrected chi connectivity index (χ2v) is 12.9. The van der Waals surface area contributed by atoms with E-state index in [0.717, 1.165) is 32.1 Å². The topological polar surface area (TPSA) is 88.2 Å². The number of aryl methyl sites for hydroxylation is 1. The molecule has 3 aliphatic rings. The summed E-state index contributed by atoms with van der Waals surface area (Å²) < 4.78 is 38.4. The summed E-state index contributed by atoms with van der Waals surface area (Å²) in [6.07, 6.45) is 6.63. The van der Waals surface area contributed by atoms with Gasteiger partial charge in [0.15, 0.2) is 0 Å². The van der Waals surface area contributed by atoms with Crippen LogP contribution in [-0.2, 0) is 24.3 Å². The lowest BCUT2D eigenvalue weighted by Gasteiger charge is -2.40. The van der Waals surface area contributed by atoms with Gasteiger partial charge in [0.1, 0.15) is 0 Å². The van der Waals surface area contributed by atoms with Crippen molar-refractivity contribution < 1.29 is 22.7 Å². The fourth-order valence-electron chi connectivity index (χ4n) is 6.04. The zero-order chi connectivity index (χ0) is 25.9. The third kappa shape index (κ3) is 7.00. The van der Waals surface area contributed by atoms with Gasteiger partial charge in [0.2, 0.25) is 15.9 Å². The fraction of sp³-hybridized carbons (Fsp3) is 0.741. The first kappa shape index (κ1) is 27.4. The van der Waals surface area contributed by atoms with Crippen molar-refractivity contribution in [1.29, 1.82) is 0 Å². The van der Waals surface area contributed by atoms with E-state index in [-0.39, 0.29) is 24.0 Å². The molecule has 1 amide bonds. The van der Waals surface area contributed by atoms with Crippen LogP contribution in [0.5, 0.6) is 0 Å². The van der Waals surface area contributed by atoms with Crippen molar-refractivity contribution in [3.05, 3.63) is 29.3 Å². The SMILES string of the molecule is Cc1cc(C2CCC(CO[C@@H]3CN(C(=O)[C@@H]4CCOC4)CC[C@@H]3NS(C)(=O)=O)CC2)ccc1N(C)C. The minimum absolute atomic E-state index is 0.0872. The Morgan fingerprint density at radius 2 is 1.92 bits per heavy atom. The quantitative estimate of drug-likeness (QED) is 0.566. The van der Waals surface area contributed by atoms with E-state index in [2.05, 4.69) is 48.8 Å². The number of carbonyl (C=O) groups is 1. The average molecular weight is 522 g/mol. The predicted molar refractivity (Wildman–Crippen MR) is 142 cm³/mol.